The van der Waals surface area contributed by atoms with E-state index in [2.05, 4.69) is 9.97 Å². The molecule has 5 nitrogen and oxygen atoms in total. The van der Waals surface area contributed by atoms with Gasteiger partial charge in [-0.3, -0.25) is 0 Å². The van der Waals surface area contributed by atoms with E-state index in [9.17, 15) is 4.39 Å². The first-order chi connectivity index (χ1) is 12.6. The van der Waals surface area contributed by atoms with Gasteiger partial charge in [0.05, 0.1) is 5.52 Å². The van der Waals surface area contributed by atoms with Crippen molar-refractivity contribution in [3.8, 4) is 17.3 Å². The van der Waals surface area contributed by atoms with Gasteiger partial charge >= 0.3 is 0 Å². The number of hydrogen-bond donors (Lipinski definition) is 0. The quantitative estimate of drug-likeness (QED) is 0.541. The molecule has 26 heavy (non-hydrogen) atoms. The Morgan fingerprint density at radius 2 is 1.81 bits per heavy atom. The number of aromatic nitrogens is 2. The van der Waals surface area contributed by atoms with Crippen molar-refractivity contribution in [3.05, 3.63) is 54.3 Å². The highest BCUT2D eigenvalue weighted by molar-refractivity contribution is 6.03. The lowest BCUT2D eigenvalue weighted by molar-refractivity contribution is 0.256. The summed E-state index contributed by atoms with van der Waals surface area (Å²) in [7, 11) is 3.96. The fourth-order valence-electron chi connectivity index (χ4n) is 2.71. The molecule has 0 radical (unpaired) electrons. The molecule has 0 fully saturated rings. The maximum atomic E-state index is 13.2. The average molecular weight is 351 g/mol. The Bertz CT molecular complexity index is 1060. The molecule has 4 aromatic rings. The highest BCUT2D eigenvalue weighted by atomic mass is 19.1. The molecule has 132 valence electrons. The molecule has 4 rings (SSSR count). The molecule has 0 aliphatic heterocycles. The van der Waals surface area contributed by atoms with Crippen LogP contribution in [0.1, 0.15) is 0 Å². The summed E-state index contributed by atoms with van der Waals surface area (Å²) < 4.78 is 25.1. The Labute approximate surface area is 150 Å². The second-order valence-electron chi connectivity index (χ2n) is 6.29. The summed E-state index contributed by atoms with van der Waals surface area (Å²) in [6.07, 6.45) is 0. The highest BCUT2D eigenvalue weighted by Gasteiger charge is 2.17. The third-order valence-electron chi connectivity index (χ3n) is 4.07. The molecule has 0 saturated heterocycles. The first-order valence-corrected chi connectivity index (χ1v) is 8.34. The monoisotopic (exact) mass is 351 g/mol. The van der Waals surface area contributed by atoms with Crippen LogP contribution in [-0.2, 0) is 0 Å². The predicted molar refractivity (Wildman–Crippen MR) is 98.8 cm³/mol. The fraction of sp³-hybridized carbons (Fsp3) is 0.200. The molecule has 0 amide bonds. The fourth-order valence-corrected chi connectivity index (χ4v) is 2.71. The van der Waals surface area contributed by atoms with E-state index in [1.54, 1.807) is 12.1 Å². The summed E-state index contributed by atoms with van der Waals surface area (Å²) in [4.78, 5) is 11.2. The summed E-state index contributed by atoms with van der Waals surface area (Å²) in [5, 5.41) is 0.864. The summed E-state index contributed by atoms with van der Waals surface area (Å²) >= 11 is 0. The van der Waals surface area contributed by atoms with E-state index >= 15 is 0 Å². The first-order valence-electron chi connectivity index (χ1n) is 8.34. The lowest BCUT2D eigenvalue weighted by atomic mass is 10.2. The SMILES string of the molecule is CN(C)CCOc1nc2ccccc2c2oc(-c3ccc(F)cc3)nc12. The average Bonchev–Trinajstić information content (AvgIpc) is 3.08. The van der Waals surface area contributed by atoms with Gasteiger partial charge in [0, 0.05) is 17.5 Å². The maximum Gasteiger partial charge on any atom is 0.244 e. The minimum Gasteiger partial charge on any atom is -0.475 e. The van der Waals surface area contributed by atoms with Gasteiger partial charge in [-0.1, -0.05) is 12.1 Å². The topological polar surface area (TPSA) is 51.4 Å². The Kier molecular flexibility index (Phi) is 4.26. The zero-order valence-corrected chi connectivity index (χ0v) is 14.6. The molecular weight excluding hydrogens is 333 g/mol. The Balaban J connectivity index is 1.85. The van der Waals surface area contributed by atoms with Crippen molar-refractivity contribution in [1.29, 1.82) is 0 Å². The van der Waals surface area contributed by atoms with Crippen LogP contribution in [0.4, 0.5) is 4.39 Å². The summed E-state index contributed by atoms with van der Waals surface area (Å²) in [6.45, 7) is 1.25. The normalized spacial score (nSPS) is 11.5. The van der Waals surface area contributed by atoms with E-state index in [0.717, 1.165) is 17.4 Å². The smallest absolute Gasteiger partial charge is 0.244 e. The number of nitrogens with zero attached hydrogens (tertiary/aromatic N) is 3. The van der Waals surface area contributed by atoms with Gasteiger partial charge in [0.15, 0.2) is 11.1 Å². The van der Waals surface area contributed by atoms with Gasteiger partial charge in [0.1, 0.15) is 12.4 Å². The molecule has 2 heterocycles. The van der Waals surface area contributed by atoms with E-state index in [1.807, 2.05) is 43.3 Å². The van der Waals surface area contributed by atoms with Crippen LogP contribution in [0.5, 0.6) is 5.88 Å². The Morgan fingerprint density at radius 3 is 2.58 bits per heavy atom. The van der Waals surface area contributed by atoms with Gasteiger partial charge < -0.3 is 14.1 Å². The number of benzene rings is 2. The van der Waals surface area contributed by atoms with Crippen LogP contribution in [0.2, 0.25) is 0 Å². The van der Waals surface area contributed by atoms with Crippen molar-refractivity contribution in [2.75, 3.05) is 27.2 Å². The number of fused-ring (bicyclic) bond motifs is 3. The van der Waals surface area contributed by atoms with Crippen molar-refractivity contribution >= 4 is 22.0 Å². The van der Waals surface area contributed by atoms with Gasteiger partial charge in [0.2, 0.25) is 11.8 Å². The summed E-state index contributed by atoms with van der Waals surface area (Å²) in [6, 6.07) is 13.7. The minimum atomic E-state index is -0.301. The van der Waals surface area contributed by atoms with Crippen molar-refractivity contribution < 1.29 is 13.5 Å². The van der Waals surface area contributed by atoms with Crippen LogP contribution in [0, 0.1) is 5.82 Å². The molecule has 0 aliphatic carbocycles. The van der Waals surface area contributed by atoms with E-state index in [-0.39, 0.29) is 5.82 Å². The van der Waals surface area contributed by atoms with Gasteiger partial charge in [-0.05, 0) is 50.5 Å². The lowest BCUT2D eigenvalue weighted by Gasteiger charge is -2.11. The van der Waals surface area contributed by atoms with Crippen LogP contribution >= 0.6 is 0 Å². The molecule has 0 spiro atoms. The molecule has 0 atom stereocenters. The number of likely N-dealkylation sites (N-methyl/N-ethyl adjacent to an activating group) is 1. The number of rotatable bonds is 5. The van der Waals surface area contributed by atoms with Crippen LogP contribution in [-0.4, -0.2) is 42.1 Å². The number of para-hydroxylation sites is 1. The third-order valence-corrected chi connectivity index (χ3v) is 4.07. The molecular formula is C20H18FN3O2. The van der Waals surface area contributed by atoms with E-state index < -0.39 is 0 Å². The first kappa shape index (κ1) is 16.5. The van der Waals surface area contributed by atoms with Crippen LogP contribution in [0.15, 0.2) is 52.9 Å². The van der Waals surface area contributed by atoms with Crippen molar-refractivity contribution in [1.82, 2.24) is 14.9 Å². The Morgan fingerprint density at radius 1 is 1.04 bits per heavy atom. The second kappa shape index (κ2) is 6.72. The summed E-state index contributed by atoms with van der Waals surface area (Å²) in [5.74, 6) is 0.554. The van der Waals surface area contributed by atoms with Crippen LogP contribution in [0.25, 0.3) is 33.5 Å². The summed E-state index contributed by atoms with van der Waals surface area (Å²) in [5.41, 5.74) is 2.67. The number of hydrogen-bond acceptors (Lipinski definition) is 5. The van der Waals surface area contributed by atoms with Crippen molar-refractivity contribution in [2.45, 2.75) is 0 Å². The zero-order chi connectivity index (χ0) is 18.1. The number of halogens is 1. The third kappa shape index (κ3) is 3.11. The molecule has 0 bridgehead atoms. The van der Waals surface area contributed by atoms with Gasteiger partial charge in [-0.25, -0.2) is 14.4 Å². The van der Waals surface area contributed by atoms with E-state index in [1.165, 1.54) is 12.1 Å². The zero-order valence-electron chi connectivity index (χ0n) is 14.6. The molecule has 2 aromatic heterocycles. The van der Waals surface area contributed by atoms with Crippen LogP contribution in [0.3, 0.4) is 0 Å². The lowest BCUT2D eigenvalue weighted by Crippen LogP contribution is -2.19. The van der Waals surface area contributed by atoms with Crippen molar-refractivity contribution in [3.63, 3.8) is 0 Å². The number of oxazole rings is 1. The molecule has 0 N–H and O–H groups in total. The standard InChI is InChI=1S/C20H18FN3O2/c1-24(2)11-12-25-20-17-18(15-5-3-4-6-16(15)22-20)26-19(23-17)13-7-9-14(21)10-8-13/h3-10H,11-12H2,1-2H3. The molecule has 0 aliphatic rings. The van der Waals surface area contributed by atoms with E-state index in [0.29, 0.717) is 35.0 Å². The minimum absolute atomic E-state index is 0.301. The largest absolute Gasteiger partial charge is 0.475 e. The molecule has 2 aromatic carbocycles. The number of pyridine rings is 1. The van der Waals surface area contributed by atoms with Gasteiger partial charge in [0.25, 0.3) is 0 Å². The molecule has 6 heteroatoms. The van der Waals surface area contributed by atoms with Gasteiger partial charge in [-0.2, -0.15) is 0 Å². The Hall–Kier alpha value is -2.99. The van der Waals surface area contributed by atoms with Crippen LogP contribution < -0.4 is 4.74 Å². The predicted octanol–water partition coefficient (Wildman–Crippen LogP) is 4.12. The highest BCUT2D eigenvalue weighted by Crippen LogP contribution is 2.34. The van der Waals surface area contributed by atoms with Crippen molar-refractivity contribution in [2.24, 2.45) is 0 Å². The molecule has 0 unspecified atom stereocenters. The van der Waals surface area contributed by atoms with Gasteiger partial charge in [-0.15, -0.1) is 0 Å². The maximum absolute atomic E-state index is 13.2. The second-order valence-corrected chi connectivity index (χ2v) is 6.29. The molecule has 0 saturated carbocycles. The number of ether oxygens (including phenoxy) is 1. The van der Waals surface area contributed by atoms with E-state index in [4.69, 9.17) is 9.15 Å².